The molecule has 0 spiro atoms. The molecule has 0 aliphatic heterocycles. The molecule has 0 heterocycles. The van der Waals surface area contributed by atoms with Gasteiger partial charge < -0.3 is 25.1 Å². The summed E-state index contributed by atoms with van der Waals surface area (Å²) in [7, 11) is 4.59. The fourth-order valence-corrected chi connectivity index (χ4v) is 1.51. The Kier molecular flexibility index (Phi) is 6.72. The lowest BCUT2D eigenvalue weighted by Gasteiger charge is -2.18. The molecule has 0 aliphatic rings. The average molecular weight is 264 g/mol. The molecule has 0 bridgehead atoms. The van der Waals surface area contributed by atoms with Crippen LogP contribution in [0.5, 0.6) is 17.2 Å². The van der Waals surface area contributed by atoms with E-state index in [1.165, 1.54) is 14.2 Å². The monoisotopic (exact) mass is 263 g/mol. The van der Waals surface area contributed by atoms with Crippen LogP contribution in [-0.4, -0.2) is 33.0 Å². The van der Waals surface area contributed by atoms with Crippen molar-refractivity contribution in [1.82, 2.24) is 0 Å². The van der Waals surface area contributed by atoms with Crippen LogP contribution in [0.3, 0.4) is 0 Å². The number of methoxy groups -OCH3 is 3. The molecule has 5 nitrogen and oxygen atoms in total. The van der Waals surface area contributed by atoms with Crippen LogP contribution in [0.15, 0.2) is 12.1 Å². The van der Waals surface area contributed by atoms with E-state index in [1.54, 1.807) is 19.2 Å². The second kappa shape index (κ2) is 7.21. The Morgan fingerprint density at radius 1 is 1.12 bits per heavy atom. The zero-order chi connectivity index (χ0) is 12.1. The fourth-order valence-electron chi connectivity index (χ4n) is 1.51. The van der Waals surface area contributed by atoms with Crippen LogP contribution in [0, 0.1) is 0 Å². The van der Waals surface area contributed by atoms with Crippen molar-refractivity contribution in [3.63, 3.8) is 0 Å². The van der Waals surface area contributed by atoms with Crippen molar-refractivity contribution < 1.29 is 19.3 Å². The van der Waals surface area contributed by atoms with Crippen molar-refractivity contribution in [2.45, 2.75) is 6.04 Å². The maximum Gasteiger partial charge on any atom is 0.203 e. The first kappa shape index (κ1) is 15.8. The lowest BCUT2D eigenvalue weighted by molar-refractivity contribution is 0.262. The fraction of sp³-hybridized carbons (Fsp3) is 0.455. The molecule has 17 heavy (non-hydrogen) atoms. The predicted octanol–water partition coefficient (Wildman–Crippen LogP) is 1.13. The second-order valence-corrected chi connectivity index (χ2v) is 3.21. The first-order chi connectivity index (χ1) is 7.69. The number of hydrogen-bond donors (Lipinski definition) is 2. The van der Waals surface area contributed by atoms with E-state index in [1.807, 2.05) is 0 Å². The summed E-state index contributed by atoms with van der Waals surface area (Å²) in [4.78, 5) is 0. The van der Waals surface area contributed by atoms with E-state index < -0.39 is 6.04 Å². The summed E-state index contributed by atoms with van der Waals surface area (Å²) >= 11 is 0. The van der Waals surface area contributed by atoms with E-state index in [4.69, 9.17) is 25.1 Å². The van der Waals surface area contributed by atoms with E-state index in [2.05, 4.69) is 0 Å². The molecule has 3 N–H and O–H groups in total. The predicted molar refractivity (Wildman–Crippen MR) is 67.4 cm³/mol. The van der Waals surface area contributed by atoms with E-state index in [-0.39, 0.29) is 19.0 Å². The molecule has 0 saturated carbocycles. The molecule has 0 amide bonds. The third-order valence-electron chi connectivity index (χ3n) is 2.33. The standard InChI is InChI=1S/C11H17NO4.ClH/c1-14-9-5-4-7(8(12)6-13)10(15-2)11(9)16-3;/h4-5,8,13H,6,12H2,1-3H3;1H/t8-;/m1./s1. The third-order valence-corrected chi connectivity index (χ3v) is 2.33. The highest BCUT2D eigenvalue weighted by Crippen LogP contribution is 2.41. The Balaban J connectivity index is 0.00000256. The Labute approximate surface area is 107 Å². The lowest BCUT2D eigenvalue weighted by atomic mass is 10.1. The molecule has 1 rings (SSSR count). The SMILES string of the molecule is COc1ccc([C@H](N)CO)c(OC)c1OC.Cl. The first-order valence-electron chi connectivity index (χ1n) is 4.84. The van der Waals surface area contributed by atoms with E-state index >= 15 is 0 Å². The minimum atomic E-state index is -0.505. The maximum atomic E-state index is 9.05. The van der Waals surface area contributed by atoms with Crippen LogP contribution in [0.1, 0.15) is 11.6 Å². The van der Waals surface area contributed by atoms with Gasteiger partial charge in [-0.15, -0.1) is 12.4 Å². The minimum absolute atomic E-state index is 0. The smallest absolute Gasteiger partial charge is 0.203 e. The summed E-state index contributed by atoms with van der Waals surface area (Å²) in [6, 6.07) is 2.97. The van der Waals surface area contributed by atoms with Gasteiger partial charge in [0.15, 0.2) is 11.5 Å². The first-order valence-corrected chi connectivity index (χ1v) is 4.84. The number of benzene rings is 1. The molecule has 0 saturated heterocycles. The Morgan fingerprint density at radius 3 is 2.12 bits per heavy atom. The van der Waals surface area contributed by atoms with Crippen LogP contribution in [-0.2, 0) is 0 Å². The van der Waals surface area contributed by atoms with Gasteiger partial charge >= 0.3 is 0 Å². The van der Waals surface area contributed by atoms with Gasteiger partial charge in [-0.2, -0.15) is 0 Å². The van der Waals surface area contributed by atoms with Crippen LogP contribution in [0.4, 0.5) is 0 Å². The Morgan fingerprint density at radius 2 is 1.71 bits per heavy atom. The molecule has 6 heteroatoms. The van der Waals surface area contributed by atoms with Crippen LogP contribution < -0.4 is 19.9 Å². The van der Waals surface area contributed by atoms with Crippen LogP contribution >= 0.6 is 12.4 Å². The van der Waals surface area contributed by atoms with E-state index in [9.17, 15) is 0 Å². The van der Waals surface area contributed by atoms with Gasteiger partial charge in [-0.3, -0.25) is 0 Å². The number of nitrogens with two attached hydrogens (primary N) is 1. The van der Waals surface area contributed by atoms with Gasteiger partial charge in [-0.25, -0.2) is 0 Å². The highest BCUT2D eigenvalue weighted by Gasteiger charge is 2.19. The second-order valence-electron chi connectivity index (χ2n) is 3.21. The summed E-state index contributed by atoms with van der Waals surface area (Å²) in [6.45, 7) is -0.161. The minimum Gasteiger partial charge on any atom is -0.493 e. The van der Waals surface area contributed by atoms with Crippen molar-refractivity contribution in [2.75, 3.05) is 27.9 Å². The molecule has 1 aromatic rings. The summed E-state index contributed by atoms with van der Waals surface area (Å²) in [5, 5.41) is 9.05. The van der Waals surface area contributed by atoms with Crippen LogP contribution in [0.2, 0.25) is 0 Å². The van der Waals surface area contributed by atoms with Gasteiger partial charge in [0.05, 0.1) is 34.0 Å². The number of hydrogen-bond acceptors (Lipinski definition) is 5. The van der Waals surface area contributed by atoms with E-state index in [0.29, 0.717) is 22.8 Å². The van der Waals surface area contributed by atoms with Crippen molar-refractivity contribution in [2.24, 2.45) is 5.73 Å². The number of aliphatic hydroxyl groups excluding tert-OH is 1. The van der Waals surface area contributed by atoms with Gasteiger partial charge in [0, 0.05) is 5.56 Å². The molecular weight excluding hydrogens is 246 g/mol. The number of rotatable bonds is 5. The highest BCUT2D eigenvalue weighted by molar-refractivity contribution is 5.85. The van der Waals surface area contributed by atoms with Gasteiger partial charge in [0.2, 0.25) is 5.75 Å². The molecule has 0 aliphatic carbocycles. The third kappa shape index (κ3) is 3.15. The molecule has 0 fully saturated rings. The largest absolute Gasteiger partial charge is 0.493 e. The quantitative estimate of drug-likeness (QED) is 0.833. The topological polar surface area (TPSA) is 73.9 Å². The molecule has 98 valence electrons. The molecule has 0 unspecified atom stereocenters. The normalized spacial score (nSPS) is 11.4. The van der Waals surface area contributed by atoms with Crippen molar-refractivity contribution >= 4 is 12.4 Å². The van der Waals surface area contributed by atoms with Gasteiger partial charge in [-0.1, -0.05) is 0 Å². The Hall–Kier alpha value is -1.17. The number of halogens is 1. The molecule has 1 atom stereocenters. The zero-order valence-corrected chi connectivity index (χ0v) is 10.9. The van der Waals surface area contributed by atoms with Crippen molar-refractivity contribution in [1.29, 1.82) is 0 Å². The number of ether oxygens (including phenoxy) is 3. The average Bonchev–Trinajstić information content (AvgIpc) is 2.35. The zero-order valence-electron chi connectivity index (χ0n) is 10.1. The van der Waals surface area contributed by atoms with Gasteiger partial charge in [0.25, 0.3) is 0 Å². The lowest BCUT2D eigenvalue weighted by Crippen LogP contribution is -2.16. The summed E-state index contributed by atoms with van der Waals surface area (Å²) in [6.07, 6.45) is 0. The summed E-state index contributed by atoms with van der Waals surface area (Å²) in [5.41, 5.74) is 6.44. The van der Waals surface area contributed by atoms with E-state index in [0.717, 1.165) is 0 Å². The van der Waals surface area contributed by atoms with Crippen molar-refractivity contribution in [3.05, 3.63) is 17.7 Å². The van der Waals surface area contributed by atoms with Crippen molar-refractivity contribution in [3.8, 4) is 17.2 Å². The maximum absolute atomic E-state index is 9.05. The molecule has 0 radical (unpaired) electrons. The molecule has 0 aromatic heterocycles. The Bertz CT molecular complexity index is 360. The van der Waals surface area contributed by atoms with Gasteiger partial charge in [0.1, 0.15) is 0 Å². The summed E-state index contributed by atoms with van der Waals surface area (Å²) in [5.74, 6) is 1.53. The van der Waals surface area contributed by atoms with Crippen LogP contribution in [0.25, 0.3) is 0 Å². The molecular formula is C11H18ClNO4. The highest BCUT2D eigenvalue weighted by atomic mass is 35.5. The van der Waals surface area contributed by atoms with Gasteiger partial charge in [-0.05, 0) is 12.1 Å². The summed E-state index contributed by atoms with van der Waals surface area (Å²) < 4.78 is 15.6. The molecule has 1 aromatic carbocycles. The number of aliphatic hydroxyl groups is 1.